The van der Waals surface area contributed by atoms with E-state index < -0.39 is 0 Å². The molecule has 3 N–H and O–H groups in total. The third-order valence-corrected chi connectivity index (χ3v) is 4.50. The summed E-state index contributed by atoms with van der Waals surface area (Å²) in [6.45, 7) is 2.04. The van der Waals surface area contributed by atoms with Gasteiger partial charge in [-0.3, -0.25) is 4.79 Å². The van der Waals surface area contributed by atoms with Gasteiger partial charge in [-0.05, 0) is 51.0 Å². The molecular weight excluding hydrogens is 264 g/mol. The molecule has 0 spiro atoms. The van der Waals surface area contributed by atoms with E-state index in [1.54, 1.807) is 0 Å². The van der Waals surface area contributed by atoms with E-state index in [0.717, 1.165) is 25.0 Å². The van der Waals surface area contributed by atoms with Crippen molar-refractivity contribution in [3.05, 3.63) is 29.1 Å². The molecule has 1 amide bonds. The lowest BCUT2D eigenvalue weighted by atomic mass is 9.88. The third-order valence-electron chi connectivity index (χ3n) is 4.50. The molecule has 21 heavy (non-hydrogen) atoms. The summed E-state index contributed by atoms with van der Waals surface area (Å²) in [5, 5.41) is 3.33. The van der Waals surface area contributed by atoms with Crippen LogP contribution in [0.4, 0.5) is 5.95 Å². The molecule has 0 saturated carbocycles. The van der Waals surface area contributed by atoms with Crippen molar-refractivity contribution < 1.29 is 4.79 Å². The number of hydrogen-bond donors (Lipinski definition) is 2. The maximum absolute atomic E-state index is 11.6. The molecule has 3 rings (SSSR count). The van der Waals surface area contributed by atoms with Gasteiger partial charge in [-0.2, -0.15) is 0 Å². The summed E-state index contributed by atoms with van der Waals surface area (Å²) in [6.07, 6.45) is 10.1. The van der Waals surface area contributed by atoms with E-state index in [1.165, 1.54) is 24.1 Å². The second kappa shape index (κ2) is 5.84. The standard InChI is InChI=1S/C16H22N4O/c1-10-11-6-2-4-8-13(11)19-16(18-10)20-14-9-5-3-7-12(14)15(17)21/h3,5,12,14H,2,4,6-9H2,1H3,(H2,17,21)(H,18,19,20)/t12-,14-/m1/s1. The van der Waals surface area contributed by atoms with Crippen molar-refractivity contribution in [2.75, 3.05) is 5.32 Å². The largest absolute Gasteiger partial charge is 0.369 e. The average molecular weight is 286 g/mol. The molecule has 0 unspecified atom stereocenters. The Morgan fingerprint density at radius 3 is 2.81 bits per heavy atom. The zero-order valence-corrected chi connectivity index (χ0v) is 12.4. The molecule has 5 nitrogen and oxygen atoms in total. The normalized spacial score (nSPS) is 24.4. The van der Waals surface area contributed by atoms with Crippen molar-refractivity contribution in [1.82, 2.24) is 9.97 Å². The minimum absolute atomic E-state index is 0.00598. The quantitative estimate of drug-likeness (QED) is 0.832. The summed E-state index contributed by atoms with van der Waals surface area (Å²) in [5.74, 6) is 0.196. The van der Waals surface area contributed by atoms with Crippen molar-refractivity contribution in [3.63, 3.8) is 0 Å². The Balaban J connectivity index is 1.82. The number of anilines is 1. The van der Waals surface area contributed by atoms with Gasteiger partial charge in [0.2, 0.25) is 11.9 Å². The lowest BCUT2D eigenvalue weighted by Crippen LogP contribution is -2.39. The Hall–Kier alpha value is -1.91. The van der Waals surface area contributed by atoms with Crippen LogP contribution in [0.2, 0.25) is 0 Å². The van der Waals surface area contributed by atoms with Crippen LogP contribution in [-0.4, -0.2) is 21.9 Å². The first-order valence-corrected chi connectivity index (χ1v) is 7.72. The second-order valence-corrected chi connectivity index (χ2v) is 5.97. The number of allylic oxidation sites excluding steroid dienone is 1. The number of hydrogen-bond acceptors (Lipinski definition) is 4. The molecule has 1 heterocycles. The lowest BCUT2D eigenvalue weighted by Gasteiger charge is -2.27. The summed E-state index contributed by atoms with van der Waals surface area (Å²) in [4.78, 5) is 20.8. The number of nitrogens with one attached hydrogen (secondary N) is 1. The van der Waals surface area contributed by atoms with Gasteiger partial charge in [-0.15, -0.1) is 0 Å². The maximum atomic E-state index is 11.6. The van der Waals surface area contributed by atoms with Gasteiger partial charge in [0.05, 0.1) is 5.92 Å². The number of rotatable bonds is 3. The Bertz CT molecular complexity index is 582. The number of carbonyl (C=O) groups is 1. The van der Waals surface area contributed by atoms with E-state index in [1.807, 2.05) is 13.0 Å². The zero-order chi connectivity index (χ0) is 14.8. The van der Waals surface area contributed by atoms with Crippen LogP contribution < -0.4 is 11.1 Å². The summed E-state index contributed by atoms with van der Waals surface area (Å²) >= 11 is 0. The summed E-state index contributed by atoms with van der Waals surface area (Å²) in [5.41, 5.74) is 9.03. The molecule has 5 heteroatoms. The zero-order valence-electron chi connectivity index (χ0n) is 12.4. The Morgan fingerprint density at radius 2 is 2.00 bits per heavy atom. The van der Waals surface area contributed by atoms with Gasteiger partial charge < -0.3 is 11.1 Å². The van der Waals surface area contributed by atoms with Crippen LogP contribution in [-0.2, 0) is 17.6 Å². The van der Waals surface area contributed by atoms with Crippen molar-refractivity contribution >= 4 is 11.9 Å². The van der Waals surface area contributed by atoms with Crippen molar-refractivity contribution in [1.29, 1.82) is 0 Å². The highest BCUT2D eigenvalue weighted by atomic mass is 16.1. The van der Waals surface area contributed by atoms with E-state index in [2.05, 4.69) is 21.4 Å². The molecule has 1 aromatic heterocycles. The van der Waals surface area contributed by atoms with Crippen LogP contribution in [0.15, 0.2) is 12.2 Å². The van der Waals surface area contributed by atoms with Crippen molar-refractivity contribution in [2.45, 2.75) is 51.5 Å². The Labute approximate surface area is 125 Å². The molecule has 1 aromatic rings. The molecule has 0 aromatic carbocycles. The SMILES string of the molecule is Cc1nc(N[C@@H]2CC=CC[C@H]2C(N)=O)nc2c1CCCC2. The smallest absolute Gasteiger partial charge is 0.223 e. The topological polar surface area (TPSA) is 80.9 Å². The van der Waals surface area contributed by atoms with Gasteiger partial charge in [-0.1, -0.05) is 12.2 Å². The number of fused-ring (bicyclic) bond motifs is 1. The minimum Gasteiger partial charge on any atom is -0.369 e. The van der Waals surface area contributed by atoms with Crippen molar-refractivity contribution in [2.24, 2.45) is 11.7 Å². The first kappa shape index (κ1) is 14.0. The monoisotopic (exact) mass is 286 g/mol. The van der Waals surface area contributed by atoms with Gasteiger partial charge >= 0.3 is 0 Å². The van der Waals surface area contributed by atoms with Gasteiger partial charge in [0.25, 0.3) is 0 Å². The highest BCUT2D eigenvalue weighted by Gasteiger charge is 2.28. The van der Waals surface area contributed by atoms with Crippen LogP contribution in [0, 0.1) is 12.8 Å². The van der Waals surface area contributed by atoms with E-state index in [-0.39, 0.29) is 17.9 Å². The highest BCUT2D eigenvalue weighted by Crippen LogP contribution is 2.25. The fourth-order valence-electron chi connectivity index (χ4n) is 3.30. The molecule has 0 saturated heterocycles. The number of nitrogens with two attached hydrogens (primary N) is 1. The first-order chi connectivity index (χ1) is 10.1. The Kier molecular flexibility index (Phi) is 3.90. The highest BCUT2D eigenvalue weighted by molar-refractivity contribution is 5.78. The van der Waals surface area contributed by atoms with E-state index in [0.29, 0.717) is 12.4 Å². The molecule has 2 aliphatic carbocycles. The van der Waals surface area contributed by atoms with Gasteiger partial charge in [0, 0.05) is 17.4 Å². The fourth-order valence-corrected chi connectivity index (χ4v) is 3.30. The van der Waals surface area contributed by atoms with E-state index in [9.17, 15) is 4.79 Å². The van der Waals surface area contributed by atoms with Gasteiger partial charge in [0.15, 0.2) is 0 Å². The average Bonchev–Trinajstić information content (AvgIpc) is 2.47. The summed E-state index contributed by atoms with van der Waals surface area (Å²) in [7, 11) is 0. The van der Waals surface area contributed by atoms with Crippen LogP contribution in [0.5, 0.6) is 0 Å². The van der Waals surface area contributed by atoms with Gasteiger partial charge in [-0.25, -0.2) is 9.97 Å². The number of carbonyl (C=O) groups excluding carboxylic acids is 1. The van der Waals surface area contributed by atoms with Crippen LogP contribution in [0.1, 0.15) is 42.6 Å². The predicted octanol–water partition coefficient (Wildman–Crippen LogP) is 1.90. The van der Waals surface area contributed by atoms with Crippen molar-refractivity contribution in [3.8, 4) is 0 Å². The molecule has 0 fully saturated rings. The number of aromatic nitrogens is 2. The molecule has 0 bridgehead atoms. The predicted molar refractivity (Wildman–Crippen MR) is 81.9 cm³/mol. The number of aryl methyl sites for hydroxylation is 2. The Morgan fingerprint density at radius 1 is 1.24 bits per heavy atom. The second-order valence-electron chi connectivity index (χ2n) is 5.97. The third kappa shape index (κ3) is 2.91. The number of primary amides is 1. The van der Waals surface area contributed by atoms with E-state index in [4.69, 9.17) is 5.73 Å². The molecule has 2 aliphatic rings. The van der Waals surface area contributed by atoms with Crippen LogP contribution in [0.25, 0.3) is 0 Å². The molecule has 0 aliphatic heterocycles. The molecule has 2 atom stereocenters. The number of amides is 1. The minimum atomic E-state index is -0.258. The first-order valence-electron chi connectivity index (χ1n) is 7.72. The fraction of sp³-hybridized carbons (Fsp3) is 0.562. The molecular formula is C16H22N4O. The lowest BCUT2D eigenvalue weighted by molar-refractivity contribution is -0.122. The number of nitrogens with zero attached hydrogens (tertiary/aromatic N) is 2. The maximum Gasteiger partial charge on any atom is 0.223 e. The van der Waals surface area contributed by atoms with Crippen LogP contribution >= 0.6 is 0 Å². The molecule has 0 radical (unpaired) electrons. The van der Waals surface area contributed by atoms with Gasteiger partial charge in [0.1, 0.15) is 0 Å². The van der Waals surface area contributed by atoms with Crippen LogP contribution in [0.3, 0.4) is 0 Å². The molecule has 112 valence electrons. The van der Waals surface area contributed by atoms with E-state index >= 15 is 0 Å². The summed E-state index contributed by atoms with van der Waals surface area (Å²) < 4.78 is 0. The summed E-state index contributed by atoms with van der Waals surface area (Å²) in [6, 6.07) is -0.00598.